The zero-order chi connectivity index (χ0) is 10.6. The minimum absolute atomic E-state index is 0.0387. The van der Waals surface area contributed by atoms with Crippen molar-refractivity contribution in [3.63, 3.8) is 0 Å². The first-order valence-corrected chi connectivity index (χ1v) is 3.66. The van der Waals surface area contributed by atoms with Crippen molar-refractivity contribution in [2.24, 2.45) is 0 Å². The molecule has 0 saturated carbocycles. The molecule has 0 bridgehead atoms. The van der Waals surface area contributed by atoms with Crippen LogP contribution in [0.3, 0.4) is 0 Å². The molecule has 0 unspecified atom stereocenters. The maximum absolute atomic E-state index is 10.3. The molecule has 6 nitrogen and oxygen atoms in total. The number of rotatable bonds is 3. The Bertz CT molecular complexity index is 383. The van der Waals surface area contributed by atoms with Crippen molar-refractivity contribution in [3.05, 3.63) is 56.3 Å². The maximum atomic E-state index is 10.3. The van der Waals surface area contributed by atoms with Crippen LogP contribution in [-0.2, 0) is 0 Å². The van der Waals surface area contributed by atoms with Crippen molar-refractivity contribution in [2.75, 3.05) is 0 Å². The standard InChI is InChI=1S/C8H6N2O4/c11-9(12)6-5-7-1-3-8(4-2-7)10(13)14/h1-6H/b6-5+. The number of hydrogen-bond acceptors (Lipinski definition) is 4. The average Bonchev–Trinajstić information content (AvgIpc) is 2.15. The molecule has 6 heteroatoms. The monoisotopic (exact) mass is 194 g/mol. The summed E-state index contributed by atoms with van der Waals surface area (Å²) in [6.07, 6.45) is 2.05. The van der Waals surface area contributed by atoms with Gasteiger partial charge in [-0.15, -0.1) is 0 Å². The van der Waals surface area contributed by atoms with Gasteiger partial charge in [-0.3, -0.25) is 20.2 Å². The lowest BCUT2D eigenvalue weighted by Crippen LogP contribution is -1.87. The van der Waals surface area contributed by atoms with Crippen molar-refractivity contribution < 1.29 is 9.85 Å². The fourth-order valence-electron chi connectivity index (χ4n) is 0.854. The summed E-state index contributed by atoms with van der Waals surface area (Å²) in [4.78, 5) is 19.1. The highest BCUT2D eigenvalue weighted by molar-refractivity contribution is 5.50. The van der Waals surface area contributed by atoms with Crippen LogP contribution in [0.5, 0.6) is 0 Å². The molecule has 0 atom stereocenters. The van der Waals surface area contributed by atoms with Crippen molar-refractivity contribution in [2.45, 2.75) is 0 Å². The fourth-order valence-corrected chi connectivity index (χ4v) is 0.854. The van der Waals surface area contributed by atoms with Gasteiger partial charge in [-0.05, 0) is 17.7 Å². The van der Waals surface area contributed by atoms with E-state index in [9.17, 15) is 20.2 Å². The van der Waals surface area contributed by atoms with Crippen LogP contribution in [0.25, 0.3) is 6.08 Å². The van der Waals surface area contributed by atoms with Crippen LogP contribution in [0.4, 0.5) is 5.69 Å². The molecule has 0 N–H and O–H groups in total. The predicted molar refractivity (Wildman–Crippen MR) is 49.1 cm³/mol. The van der Waals surface area contributed by atoms with E-state index < -0.39 is 9.85 Å². The number of hydrogen-bond donors (Lipinski definition) is 0. The average molecular weight is 194 g/mol. The largest absolute Gasteiger partial charge is 0.269 e. The molecule has 0 aliphatic carbocycles. The predicted octanol–water partition coefficient (Wildman–Crippen LogP) is 1.84. The minimum atomic E-state index is -0.596. The van der Waals surface area contributed by atoms with E-state index in [0.29, 0.717) is 5.56 Å². The molecule has 0 heterocycles. The van der Waals surface area contributed by atoms with Crippen LogP contribution in [0.15, 0.2) is 30.5 Å². The van der Waals surface area contributed by atoms with E-state index in [2.05, 4.69) is 0 Å². The maximum Gasteiger partial charge on any atom is 0.269 e. The summed E-state index contributed by atoms with van der Waals surface area (Å²) in [5.74, 6) is 0. The number of nitro benzene ring substituents is 1. The summed E-state index contributed by atoms with van der Waals surface area (Å²) in [7, 11) is 0. The van der Waals surface area contributed by atoms with Crippen molar-refractivity contribution >= 4 is 11.8 Å². The molecule has 0 aliphatic heterocycles. The molecule has 1 rings (SSSR count). The second kappa shape index (κ2) is 4.13. The molecule has 0 radical (unpaired) electrons. The van der Waals surface area contributed by atoms with Crippen molar-refractivity contribution in [1.29, 1.82) is 0 Å². The normalized spacial score (nSPS) is 10.3. The summed E-state index contributed by atoms with van der Waals surface area (Å²) >= 11 is 0. The second-order valence-corrected chi connectivity index (χ2v) is 2.45. The lowest BCUT2D eigenvalue weighted by molar-refractivity contribution is -0.400. The van der Waals surface area contributed by atoms with Crippen LogP contribution in [-0.4, -0.2) is 9.85 Å². The van der Waals surface area contributed by atoms with Crippen molar-refractivity contribution in [1.82, 2.24) is 0 Å². The topological polar surface area (TPSA) is 86.3 Å². The number of nitrogens with zero attached hydrogens (tertiary/aromatic N) is 2. The zero-order valence-electron chi connectivity index (χ0n) is 6.99. The number of benzene rings is 1. The van der Waals surface area contributed by atoms with E-state index in [1.807, 2.05) is 0 Å². The van der Waals surface area contributed by atoms with E-state index in [1.165, 1.54) is 30.3 Å². The molecule has 1 aromatic carbocycles. The van der Waals surface area contributed by atoms with Gasteiger partial charge in [-0.25, -0.2) is 0 Å². The van der Waals surface area contributed by atoms with E-state index in [0.717, 1.165) is 6.20 Å². The van der Waals surface area contributed by atoms with Crippen LogP contribution >= 0.6 is 0 Å². The summed E-state index contributed by atoms with van der Waals surface area (Å²) in [5, 5.41) is 20.2. The first-order chi connectivity index (χ1) is 6.59. The Morgan fingerprint density at radius 1 is 1.07 bits per heavy atom. The van der Waals surface area contributed by atoms with Crippen LogP contribution in [0, 0.1) is 20.2 Å². The van der Waals surface area contributed by atoms with Gasteiger partial charge in [-0.2, -0.15) is 0 Å². The lowest BCUT2D eigenvalue weighted by atomic mass is 10.2. The highest BCUT2D eigenvalue weighted by Crippen LogP contribution is 2.12. The fraction of sp³-hybridized carbons (Fsp3) is 0. The molecular weight excluding hydrogens is 188 g/mol. The van der Waals surface area contributed by atoms with Crippen LogP contribution in [0.1, 0.15) is 5.56 Å². The van der Waals surface area contributed by atoms with E-state index in [4.69, 9.17) is 0 Å². The minimum Gasteiger partial charge on any atom is -0.259 e. The van der Waals surface area contributed by atoms with Gasteiger partial charge in [0.15, 0.2) is 0 Å². The quantitative estimate of drug-likeness (QED) is 0.542. The Kier molecular flexibility index (Phi) is 2.90. The summed E-state index contributed by atoms with van der Waals surface area (Å²) in [6, 6.07) is 5.47. The van der Waals surface area contributed by atoms with Gasteiger partial charge in [0, 0.05) is 18.2 Å². The second-order valence-electron chi connectivity index (χ2n) is 2.45. The first-order valence-electron chi connectivity index (χ1n) is 3.66. The third-order valence-corrected chi connectivity index (χ3v) is 1.49. The third kappa shape index (κ3) is 2.67. The van der Waals surface area contributed by atoms with Gasteiger partial charge in [0.25, 0.3) is 5.69 Å². The highest BCUT2D eigenvalue weighted by atomic mass is 16.6. The Hall–Kier alpha value is -2.24. The Balaban J connectivity index is 2.83. The van der Waals surface area contributed by atoms with Gasteiger partial charge in [0.2, 0.25) is 6.20 Å². The van der Waals surface area contributed by atoms with Gasteiger partial charge in [-0.1, -0.05) is 0 Å². The summed E-state index contributed by atoms with van der Waals surface area (Å²) in [6.45, 7) is 0. The SMILES string of the molecule is O=[N+]([O-])/C=C/c1ccc([N+](=O)[O-])cc1. The van der Waals surface area contributed by atoms with Gasteiger partial charge < -0.3 is 0 Å². The van der Waals surface area contributed by atoms with Crippen LogP contribution in [0.2, 0.25) is 0 Å². The molecule has 1 aromatic rings. The molecule has 0 amide bonds. The number of nitro groups is 2. The summed E-state index contributed by atoms with van der Waals surface area (Å²) in [5.41, 5.74) is 0.510. The van der Waals surface area contributed by atoms with Gasteiger partial charge in [0.05, 0.1) is 9.85 Å². The van der Waals surface area contributed by atoms with E-state index in [1.54, 1.807) is 0 Å². The Morgan fingerprint density at radius 3 is 2.07 bits per heavy atom. The molecule has 0 aromatic heterocycles. The summed E-state index contributed by atoms with van der Waals surface area (Å²) < 4.78 is 0. The highest BCUT2D eigenvalue weighted by Gasteiger charge is 2.02. The van der Waals surface area contributed by atoms with Gasteiger partial charge in [0.1, 0.15) is 0 Å². The molecular formula is C8H6N2O4. The molecule has 0 aliphatic rings. The smallest absolute Gasteiger partial charge is 0.259 e. The Labute approximate surface area is 78.8 Å². The van der Waals surface area contributed by atoms with Crippen molar-refractivity contribution in [3.8, 4) is 0 Å². The molecule has 0 spiro atoms. The number of non-ortho nitro benzene ring substituents is 1. The third-order valence-electron chi connectivity index (χ3n) is 1.49. The molecule has 14 heavy (non-hydrogen) atoms. The first kappa shape index (κ1) is 9.85. The molecule has 72 valence electrons. The van der Waals surface area contributed by atoms with Crippen LogP contribution < -0.4 is 0 Å². The zero-order valence-corrected chi connectivity index (χ0v) is 6.99. The Morgan fingerprint density at radius 2 is 1.64 bits per heavy atom. The van der Waals surface area contributed by atoms with E-state index in [-0.39, 0.29) is 5.69 Å². The molecule has 0 saturated heterocycles. The van der Waals surface area contributed by atoms with E-state index >= 15 is 0 Å². The molecule has 0 fully saturated rings. The lowest BCUT2D eigenvalue weighted by Gasteiger charge is -1.91. The van der Waals surface area contributed by atoms with Gasteiger partial charge >= 0.3 is 0 Å².